The highest BCUT2D eigenvalue weighted by Crippen LogP contribution is 2.53. The van der Waals surface area contributed by atoms with Crippen molar-refractivity contribution in [3.63, 3.8) is 0 Å². The summed E-state index contributed by atoms with van der Waals surface area (Å²) >= 11 is 0. The third-order valence-corrected chi connectivity index (χ3v) is 6.77. The Labute approximate surface area is 229 Å². The number of hydrogen-bond donors (Lipinski definition) is 4. The van der Waals surface area contributed by atoms with E-state index in [1.807, 2.05) is 0 Å². The molecular formula is C27H24F6N6O2. The topological polar surface area (TPSA) is 104 Å². The smallest absolute Gasteiger partial charge is 0.352 e. The van der Waals surface area contributed by atoms with Gasteiger partial charge < -0.3 is 20.7 Å². The van der Waals surface area contributed by atoms with Crippen LogP contribution < -0.4 is 16.0 Å². The number of carbonyl (C=O) groups excluding carboxylic acids is 1. The number of alkyl halides is 6. The van der Waals surface area contributed by atoms with Gasteiger partial charge in [0.2, 0.25) is 0 Å². The molecule has 14 heteroatoms. The van der Waals surface area contributed by atoms with Crippen LogP contribution in [0.15, 0.2) is 67.0 Å². The maximum Gasteiger partial charge on any atom is 0.430 e. The highest BCUT2D eigenvalue weighted by atomic mass is 19.4. The van der Waals surface area contributed by atoms with Crippen molar-refractivity contribution in [1.82, 2.24) is 20.5 Å². The third kappa shape index (κ3) is 5.70. The molecule has 8 nitrogen and oxygen atoms in total. The zero-order valence-corrected chi connectivity index (χ0v) is 21.2. The number of rotatable bonds is 8. The van der Waals surface area contributed by atoms with Crippen LogP contribution in [0, 0.1) is 0 Å². The van der Waals surface area contributed by atoms with E-state index in [-0.39, 0.29) is 17.1 Å². The largest absolute Gasteiger partial charge is 0.430 e. The van der Waals surface area contributed by atoms with E-state index in [9.17, 15) is 31.1 Å². The molecule has 41 heavy (non-hydrogen) atoms. The Balaban J connectivity index is 1.37. The molecule has 0 aliphatic carbocycles. The third-order valence-electron chi connectivity index (χ3n) is 6.77. The number of ether oxygens (including phenoxy) is 1. The number of hydrogen-bond acceptors (Lipinski definition) is 6. The number of pyridine rings is 1. The van der Waals surface area contributed by atoms with Crippen molar-refractivity contribution in [3.8, 4) is 0 Å². The first-order chi connectivity index (χ1) is 19.5. The summed E-state index contributed by atoms with van der Waals surface area (Å²) in [7, 11) is 0. The summed E-state index contributed by atoms with van der Waals surface area (Å²) < 4.78 is 89.3. The molecule has 0 saturated carbocycles. The fourth-order valence-electron chi connectivity index (χ4n) is 4.69. The molecule has 0 spiro atoms. The van der Waals surface area contributed by atoms with Crippen molar-refractivity contribution in [2.75, 3.05) is 23.8 Å². The maximum absolute atomic E-state index is 14.1. The quantitative estimate of drug-likeness (QED) is 0.190. The molecule has 0 unspecified atom stereocenters. The van der Waals surface area contributed by atoms with Crippen molar-refractivity contribution >= 4 is 34.0 Å². The second-order valence-corrected chi connectivity index (χ2v) is 9.51. The van der Waals surface area contributed by atoms with E-state index in [2.05, 4.69) is 31.1 Å². The number of aromatic nitrogens is 3. The van der Waals surface area contributed by atoms with Crippen molar-refractivity contribution in [2.24, 2.45) is 0 Å². The maximum atomic E-state index is 14.1. The van der Waals surface area contributed by atoms with E-state index in [4.69, 9.17) is 4.74 Å². The number of amides is 1. The first-order valence-corrected chi connectivity index (χ1v) is 12.6. The van der Waals surface area contributed by atoms with Gasteiger partial charge in [-0.2, -0.15) is 31.4 Å². The van der Waals surface area contributed by atoms with E-state index in [0.29, 0.717) is 37.2 Å². The molecule has 0 radical (unpaired) electrons. The fraction of sp³-hybridized carbons (Fsp3) is 0.296. The Morgan fingerprint density at radius 1 is 1.00 bits per heavy atom. The molecule has 4 aromatic rings. The SMILES string of the molecule is O=C(Nc1ccc(C(OC[C@@H]2CCCN2)(C(F)(F)F)C(F)(F)F)cc1)c1cccnc1Nc1ccc2cn[nH]c2c1. The first kappa shape index (κ1) is 28.4. The van der Waals surface area contributed by atoms with Gasteiger partial charge in [0.05, 0.1) is 23.9 Å². The van der Waals surface area contributed by atoms with Gasteiger partial charge in [-0.25, -0.2) is 4.98 Å². The molecular weight excluding hydrogens is 554 g/mol. The summed E-state index contributed by atoms with van der Waals surface area (Å²) in [6, 6.07) is 10.9. The lowest BCUT2D eigenvalue weighted by Gasteiger charge is -2.38. The summed E-state index contributed by atoms with van der Waals surface area (Å²) in [5, 5.41) is 16.0. The fourth-order valence-corrected chi connectivity index (χ4v) is 4.69. The number of halogens is 6. The minimum absolute atomic E-state index is 0.0249. The lowest BCUT2D eigenvalue weighted by Crippen LogP contribution is -2.57. The normalized spacial score (nSPS) is 16.2. The second kappa shape index (κ2) is 11.0. The molecule has 1 fully saturated rings. The van der Waals surface area contributed by atoms with Gasteiger partial charge >= 0.3 is 12.4 Å². The van der Waals surface area contributed by atoms with Crippen LogP contribution in [0.2, 0.25) is 0 Å². The lowest BCUT2D eigenvalue weighted by atomic mass is 9.91. The van der Waals surface area contributed by atoms with Crippen LogP contribution >= 0.6 is 0 Å². The van der Waals surface area contributed by atoms with Gasteiger partial charge in [-0.3, -0.25) is 9.89 Å². The van der Waals surface area contributed by atoms with E-state index in [0.717, 1.165) is 23.0 Å². The summed E-state index contributed by atoms with van der Waals surface area (Å²) in [5.41, 5.74) is -4.28. The molecule has 1 aliphatic rings. The Bertz CT molecular complexity index is 1500. The van der Waals surface area contributed by atoms with Crippen LogP contribution in [-0.2, 0) is 10.3 Å². The lowest BCUT2D eigenvalue weighted by molar-refractivity contribution is -0.390. The number of nitrogens with one attached hydrogen (secondary N) is 4. The number of H-pyrrole nitrogens is 1. The minimum Gasteiger partial charge on any atom is -0.352 e. The number of benzene rings is 2. The number of nitrogens with zero attached hydrogens (tertiary/aromatic N) is 2. The molecule has 3 heterocycles. The molecule has 2 aromatic carbocycles. The first-order valence-electron chi connectivity index (χ1n) is 12.6. The van der Waals surface area contributed by atoms with E-state index < -0.39 is 42.1 Å². The van der Waals surface area contributed by atoms with Crippen molar-refractivity contribution in [3.05, 3.63) is 78.1 Å². The van der Waals surface area contributed by atoms with Crippen molar-refractivity contribution in [1.29, 1.82) is 0 Å². The van der Waals surface area contributed by atoms with Gasteiger partial charge in [0.1, 0.15) is 5.82 Å². The van der Waals surface area contributed by atoms with Gasteiger partial charge in [-0.15, -0.1) is 0 Å². The van der Waals surface area contributed by atoms with Crippen LogP contribution in [0.25, 0.3) is 10.9 Å². The zero-order valence-electron chi connectivity index (χ0n) is 21.2. The number of carbonyl (C=O) groups is 1. The molecule has 0 bridgehead atoms. The van der Waals surface area contributed by atoms with Gasteiger partial charge in [0, 0.05) is 34.6 Å². The Morgan fingerprint density at radius 2 is 1.73 bits per heavy atom. The molecule has 1 saturated heterocycles. The summed E-state index contributed by atoms with van der Waals surface area (Å²) in [5.74, 6) is -0.500. The summed E-state index contributed by atoms with van der Waals surface area (Å²) in [6.07, 6.45) is -7.47. The monoisotopic (exact) mass is 578 g/mol. The molecule has 1 atom stereocenters. The number of fused-ring (bicyclic) bond motifs is 1. The molecule has 1 aliphatic heterocycles. The predicted molar refractivity (Wildman–Crippen MR) is 139 cm³/mol. The standard InChI is InChI=1S/C27H24F6N6O2/c28-26(29,30)25(27(31,32)33,41-15-20-3-1-11-34-20)17-6-9-18(10-7-17)38-24(40)21-4-2-12-35-23(21)37-19-8-5-16-14-36-39-22(16)13-19/h2,4-10,12-14,20,34H,1,3,11,15H2,(H,35,37)(H,36,39)(H,38,40)/t20-/m0/s1. The molecule has 2 aromatic heterocycles. The van der Waals surface area contributed by atoms with Crippen LogP contribution in [-0.4, -0.2) is 52.6 Å². The minimum atomic E-state index is -5.80. The Morgan fingerprint density at radius 3 is 2.41 bits per heavy atom. The van der Waals surface area contributed by atoms with E-state index in [1.54, 1.807) is 24.4 Å². The van der Waals surface area contributed by atoms with Gasteiger partial charge in [-0.05, 0) is 61.9 Å². The average molecular weight is 579 g/mol. The average Bonchev–Trinajstić information content (AvgIpc) is 3.60. The summed E-state index contributed by atoms with van der Waals surface area (Å²) in [6.45, 7) is -0.289. The number of aromatic amines is 1. The van der Waals surface area contributed by atoms with Crippen LogP contribution in [0.4, 0.5) is 43.5 Å². The molecule has 216 valence electrons. The van der Waals surface area contributed by atoms with Gasteiger partial charge in [-0.1, -0.05) is 12.1 Å². The highest BCUT2D eigenvalue weighted by molar-refractivity contribution is 6.07. The highest BCUT2D eigenvalue weighted by Gasteiger charge is 2.73. The van der Waals surface area contributed by atoms with Crippen molar-refractivity contribution in [2.45, 2.75) is 36.8 Å². The van der Waals surface area contributed by atoms with Crippen LogP contribution in [0.3, 0.4) is 0 Å². The van der Waals surface area contributed by atoms with E-state index >= 15 is 0 Å². The Kier molecular flexibility index (Phi) is 7.62. The summed E-state index contributed by atoms with van der Waals surface area (Å²) in [4.78, 5) is 17.2. The van der Waals surface area contributed by atoms with Gasteiger partial charge in [0.15, 0.2) is 0 Å². The molecule has 5 rings (SSSR count). The van der Waals surface area contributed by atoms with Gasteiger partial charge in [0.25, 0.3) is 11.5 Å². The second-order valence-electron chi connectivity index (χ2n) is 9.51. The predicted octanol–water partition coefficient (Wildman–Crippen LogP) is 6.04. The van der Waals surface area contributed by atoms with Crippen LogP contribution in [0.1, 0.15) is 28.8 Å². The molecule has 1 amide bonds. The molecule has 4 N–H and O–H groups in total. The van der Waals surface area contributed by atoms with Crippen LogP contribution in [0.5, 0.6) is 0 Å². The van der Waals surface area contributed by atoms with E-state index in [1.165, 1.54) is 18.3 Å². The van der Waals surface area contributed by atoms with Crippen molar-refractivity contribution < 1.29 is 35.9 Å². The number of anilines is 3. The zero-order chi connectivity index (χ0) is 29.3. The Hall–Kier alpha value is -4.17.